The Morgan fingerprint density at radius 2 is 2.08 bits per heavy atom. The number of amides is 1. The van der Waals surface area contributed by atoms with Crippen LogP contribution in [0.25, 0.3) is 0 Å². The number of nitrogens with zero attached hydrogens (tertiary/aromatic N) is 3. The Bertz CT molecular complexity index is 743. The van der Waals surface area contributed by atoms with Crippen molar-refractivity contribution in [3.63, 3.8) is 0 Å². The molecule has 1 unspecified atom stereocenters. The summed E-state index contributed by atoms with van der Waals surface area (Å²) in [5.41, 5.74) is -0.153. The van der Waals surface area contributed by atoms with Crippen LogP contribution in [0.15, 0.2) is 24.3 Å². The number of hydrogen-bond donors (Lipinski definition) is 0. The highest BCUT2D eigenvalue weighted by Crippen LogP contribution is 2.43. The van der Waals surface area contributed by atoms with Gasteiger partial charge in [-0.15, -0.1) is 0 Å². The van der Waals surface area contributed by atoms with E-state index in [1.54, 1.807) is 11.0 Å². The number of hydrogen-bond acceptors (Lipinski definition) is 4. The van der Waals surface area contributed by atoms with Crippen molar-refractivity contribution in [2.45, 2.75) is 31.4 Å². The largest absolute Gasteiger partial charge is 0.379 e. The minimum absolute atomic E-state index is 0.182. The molecule has 2 heterocycles. The van der Waals surface area contributed by atoms with Crippen molar-refractivity contribution in [3.05, 3.63) is 29.8 Å². The third-order valence-electron chi connectivity index (χ3n) is 5.80. The van der Waals surface area contributed by atoms with Gasteiger partial charge in [0.1, 0.15) is 0 Å². The van der Waals surface area contributed by atoms with Crippen LogP contribution >= 0.6 is 0 Å². The Kier molecular flexibility index (Phi) is 4.36. The van der Waals surface area contributed by atoms with Gasteiger partial charge in [0.05, 0.1) is 24.8 Å². The van der Waals surface area contributed by atoms with Crippen LogP contribution in [-0.2, 0) is 9.53 Å². The molecule has 3 aliphatic rings. The molecule has 2 aliphatic heterocycles. The molecule has 1 aromatic carbocycles. The van der Waals surface area contributed by atoms with E-state index in [0.29, 0.717) is 44.7 Å². The molecule has 0 radical (unpaired) electrons. The summed E-state index contributed by atoms with van der Waals surface area (Å²) >= 11 is 0. The van der Waals surface area contributed by atoms with E-state index in [9.17, 15) is 9.18 Å². The second kappa shape index (κ2) is 6.55. The predicted molar refractivity (Wildman–Crippen MR) is 95.5 cm³/mol. The molecule has 2 saturated heterocycles. The van der Waals surface area contributed by atoms with Crippen molar-refractivity contribution in [1.29, 1.82) is 5.26 Å². The van der Waals surface area contributed by atoms with Gasteiger partial charge in [-0.3, -0.25) is 4.79 Å². The third kappa shape index (κ3) is 3.28. The molecule has 1 aromatic rings. The van der Waals surface area contributed by atoms with E-state index < -0.39 is 5.67 Å². The maximum atomic E-state index is 14.3. The molecule has 1 aliphatic carbocycles. The Balaban J connectivity index is 1.54. The number of ether oxygens (including phenoxy) is 1. The molecular weight excluding hydrogens is 333 g/mol. The van der Waals surface area contributed by atoms with Crippen LogP contribution in [0.3, 0.4) is 0 Å². The van der Waals surface area contributed by atoms with Crippen molar-refractivity contribution in [2.24, 2.45) is 5.41 Å². The van der Waals surface area contributed by atoms with E-state index >= 15 is 0 Å². The summed E-state index contributed by atoms with van der Waals surface area (Å²) in [5.74, 6) is -0.334. The number of benzene rings is 1. The Morgan fingerprint density at radius 3 is 2.85 bits per heavy atom. The average molecular weight is 357 g/mol. The zero-order valence-corrected chi connectivity index (χ0v) is 14.9. The van der Waals surface area contributed by atoms with Crippen molar-refractivity contribution < 1.29 is 13.9 Å². The summed E-state index contributed by atoms with van der Waals surface area (Å²) in [6.45, 7) is 3.88. The molecule has 1 saturated carbocycles. The fourth-order valence-corrected chi connectivity index (χ4v) is 4.22. The highest BCUT2D eigenvalue weighted by atomic mass is 19.1. The normalized spacial score (nSPS) is 27.7. The zero-order valence-electron chi connectivity index (χ0n) is 14.9. The lowest BCUT2D eigenvalue weighted by atomic mass is 9.79. The molecule has 5 nitrogen and oxygen atoms in total. The molecule has 1 spiro atoms. The molecule has 3 fully saturated rings. The highest BCUT2D eigenvalue weighted by molar-refractivity contribution is 5.88. The van der Waals surface area contributed by atoms with E-state index in [1.165, 1.54) is 0 Å². The second-order valence-corrected chi connectivity index (χ2v) is 7.93. The number of likely N-dealkylation sites (tertiary alicyclic amines) is 1. The number of rotatable bonds is 2. The average Bonchev–Trinajstić information content (AvgIpc) is 3.45. The quantitative estimate of drug-likeness (QED) is 0.816. The lowest BCUT2D eigenvalue weighted by molar-refractivity contribution is -0.142. The van der Waals surface area contributed by atoms with Crippen molar-refractivity contribution >= 4 is 11.6 Å². The first-order chi connectivity index (χ1) is 12.5. The molecule has 0 N–H and O–H groups in total. The van der Waals surface area contributed by atoms with E-state index in [2.05, 4.69) is 11.0 Å². The topological polar surface area (TPSA) is 56.6 Å². The summed E-state index contributed by atoms with van der Waals surface area (Å²) in [6.07, 6.45) is 2.56. The van der Waals surface area contributed by atoms with Crippen LogP contribution in [0.4, 0.5) is 10.1 Å². The van der Waals surface area contributed by atoms with Gasteiger partial charge in [-0.25, -0.2) is 4.39 Å². The number of alkyl halides is 1. The van der Waals surface area contributed by atoms with Gasteiger partial charge in [0, 0.05) is 37.3 Å². The van der Waals surface area contributed by atoms with Crippen LogP contribution in [0.1, 0.15) is 31.2 Å². The monoisotopic (exact) mass is 357 g/mol. The van der Waals surface area contributed by atoms with Gasteiger partial charge < -0.3 is 14.5 Å². The van der Waals surface area contributed by atoms with E-state index in [-0.39, 0.29) is 11.3 Å². The van der Waals surface area contributed by atoms with E-state index in [1.807, 2.05) is 18.2 Å². The maximum absolute atomic E-state index is 14.3. The van der Waals surface area contributed by atoms with Crippen LogP contribution in [0.5, 0.6) is 0 Å². The molecule has 1 atom stereocenters. The predicted octanol–water partition coefficient (Wildman–Crippen LogP) is 2.51. The van der Waals surface area contributed by atoms with Gasteiger partial charge in [-0.05, 0) is 43.9 Å². The smallest absolute Gasteiger partial charge is 0.260 e. The number of nitriles is 1. The first-order valence-corrected chi connectivity index (χ1v) is 9.35. The fourth-order valence-electron chi connectivity index (χ4n) is 4.22. The number of carbonyl (C=O) groups excluding carboxylic acids is 1. The number of carbonyl (C=O) groups is 1. The molecule has 6 heteroatoms. The Morgan fingerprint density at radius 1 is 1.23 bits per heavy atom. The van der Waals surface area contributed by atoms with Gasteiger partial charge in [-0.1, -0.05) is 6.07 Å². The van der Waals surface area contributed by atoms with Gasteiger partial charge in [0.2, 0.25) is 0 Å². The first kappa shape index (κ1) is 17.3. The summed E-state index contributed by atoms with van der Waals surface area (Å²) < 4.78 is 20.2. The standard InChI is InChI=1S/C20H24FN3O2/c21-20(6-7-20)18(25)24-8-2-5-19(14-24)13-23(9-10-26-15-19)17-4-1-3-16(11-17)12-22/h1,3-4,11H,2,5-10,13-15H2. The fraction of sp³-hybridized carbons (Fsp3) is 0.600. The highest BCUT2D eigenvalue weighted by Gasteiger charge is 2.54. The van der Waals surface area contributed by atoms with Crippen molar-refractivity contribution in [1.82, 2.24) is 4.90 Å². The van der Waals surface area contributed by atoms with Gasteiger partial charge in [-0.2, -0.15) is 5.26 Å². The summed E-state index contributed by atoms with van der Waals surface area (Å²) in [6, 6.07) is 9.78. The summed E-state index contributed by atoms with van der Waals surface area (Å²) in [5, 5.41) is 9.16. The lowest BCUT2D eigenvalue weighted by Gasteiger charge is -2.44. The molecule has 4 rings (SSSR count). The van der Waals surface area contributed by atoms with Crippen LogP contribution in [0.2, 0.25) is 0 Å². The molecule has 0 bridgehead atoms. The van der Waals surface area contributed by atoms with Crippen molar-refractivity contribution in [3.8, 4) is 6.07 Å². The second-order valence-electron chi connectivity index (χ2n) is 7.93. The lowest BCUT2D eigenvalue weighted by Crippen LogP contribution is -2.54. The minimum atomic E-state index is -1.61. The number of anilines is 1. The summed E-state index contributed by atoms with van der Waals surface area (Å²) in [4.78, 5) is 16.4. The molecular formula is C20H24FN3O2. The molecule has 26 heavy (non-hydrogen) atoms. The molecule has 138 valence electrons. The number of piperidine rings is 1. The molecule has 0 aromatic heterocycles. The Hall–Kier alpha value is -2.13. The summed E-state index contributed by atoms with van der Waals surface area (Å²) in [7, 11) is 0. The minimum Gasteiger partial charge on any atom is -0.379 e. The first-order valence-electron chi connectivity index (χ1n) is 9.35. The van der Waals surface area contributed by atoms with E-state index in [4.69, 9.17) is 10.00 Å². The number of halogens is 1. The van der Waals surface area contributed by atoms with Gasteiger partial charge in [0.25, 0.3) is 5.91 Å². The zero-order chi connectivity index (χ0) is 18.2. The molecule has 1 amide bonds. The Labute approximate surface area is 153 Å². The van der Waals surface area contributed by atoms with Crippen LogP contribution in [-0.4, -0.2) is 55.9 Å². The van der Waals surface area contributed by atoms with Crippen LogP contribution < -0.4 is 4.90 Å². The van der Waals surface area contributed by atoms with Crippen molar-refractivity contribution in [2.75, 3.05) is 44.3 Å². The van der Waals surface area contributed by atoms with Gasteiger partial charge >= 0.3 is 0 Å². The van der Waals surface area contributed by atoms with Crippen LogP contribution in [0, 0.1) is 16.7 Å². The third-order valence-corrected chi connectivity index (χ3v) is 5.80. The maximum Gasteiger partial charge on any atom is 0.260 e. The SMILES string of the molecule is N#Cc1cccc(N2CCOCC3(CCCN(C(=O)C4(F)CC4)C3)C2)c1. The van der Waals surface area contributed by atoms with E-state index in [0.717, 1.165) is 31.6 Å². The van der Waals surface area contributed by atoms with Gasteiger partial charge in [0.15, 0.2) is 5.67 Å².